The molecular weight excluding hydrogens is 1010 g/mol. The molecule has 1 heterocycles. The summed E-state index contributed by atoms with van der Waals surface area (Å²) in [6.07, 6.45) is 32.4. The number of hydrogen-bond acceptors (Lipinski definition) is 1. The molecule has 3 nitrogen and oxygen atoms in total. The first kappa shape index (κ1) is 65.9. The molecule has 0 bridgehead atoms. The van der Waals surface area contributed by atoms with E-state index in [1.807, 2.05) is 0 Å². The molecule has 0 fully saturated rings. The van der Waals surface area contributed by atoms with E-state index in [2.05, 4.69) is 216 Å². The average Bonchev–Trinajstić information content (AvgIpc) is 1.83. The molecule has 7 aromatic rings. The minimum Gasteiger partial charge on any atom is -0.286 e. The summed E-state index contributed by atoms with van der Waals surface area (Å²) < 4.78 is 4.61. The lowest BCUT2D eigenvalue weighted by Gasteiger charge is -2.27. The van der Waals surface area contributed by atoms with Crippen molar-refractivity contribution in [3.63, 3.8) is 0 Å². The summed E-state index contributed by atoms with van der Waals surface area (Å²) in [5, 5.41) is 11.0. The maximum absolute atomic E-state index is 11.0. The molecule has 0 radical (unpaired) electrons. The van der Waals surface area contributed by atoms with Crippen LogP contribution in [0.15, 0.2) is 109 Å². The summed E-state index contributed by atoms with van der Waals surface area (Å²) in [7, 11) is 0. The Bertz CT molecular complexity index is 2750. The first-order valence-corrected chi connectivity index (χ1v) is 34.3. The Hall–Kier alpha value is -5.67. The summed E-state index contributed by atoms with van der Waals surface area (Å²) in [4.78, 5) is 0. The molecule has 1 aromatic heterocycles. The molecule has 6 aromatic carbocycles. The highest BCUT2D eigenvalue weighted by Crippen LogP contribution is 2.42. The molecule has 0 unspecified atom stereocenters. The highest BCUT2D eigenvalue weighted by molar-refractivity contribution is 5.61. The van der Waals surface area contributed by atoms with Crippen LogP contribution in [0, 0.1) is 19.3 Å². The predicted molar refractivity (Wildman–Crippen MR) is 365 cm³/mol. The van der Waals surface area contributed by atoms with Crippen molar-refractivity contribution in [3.05, 3.63) is 215 Å². The van der Waals surface area contributed by atoms with Crippen LogP contribution >= 0.6 is 0 Å². The van der Waals surface area contributed by atoms with E-state index in [0.29, 0.717) is 5.62 Å². The van der Waals surface area contributed by atoms with Crippen LogP contribution < -0.4 is 5.62 Å². The molecule has 1 N–H and O–H groups in total. The molecule has 7 rings (SSSR count). The van der Waals surface area contributed by atoms with Crippen LogP contribution in [0.4, 0.5) is 0 Å². The van der Waals surface area contributed by atoms with Gasteiger partial charge in [-0.05, 0) is 206 Å². The van der Waals surface area contributed by atoms with Gasteiger partial charge in [0.05, 0.1) is 11.4 Å². The van der Waals surface area contributed by atoms with Gasteiger partial charge < -0.3 is 0 Å². The highest BCUT2D eigenvalue weighted by Gasteiger charge is 2.28. The average molecular weight is 1130 g/mol. The van der Waals surface area contributed by atoms with Crippen molar-refractivity contribution in [1.82, 2.24) is 9.13 Å². The van der Waals surface area contributed by atoms with Crippen molar-refractivity contribution in [2.24, 2.45) is 0 Å². The van der Waals surface area contributed by atoms with Gasteiger partial charge in [-0.25, -0.2) is 0 Å². The van der Waals surface area contributed by atoms with Crippen molar-refractivity contribution in [2.75, 3.05) is 0 Å². The van der Waals surface area contributed by atoms with Crippen LogP contribution in [0.25, 0.3) is 11.4 Å². The van der Waals surface area contributed by atoms with Crippen LogP contribution in [0.2, 0.25) is 0 Å². The quantitative estimate of drug-likeness (QED) is 0.0417. The summed E-state index contributed by atoms with van der Waals surface area (Å²) in [5.41, 5.74) is 27.8. The van der Waals surface area contributed by atoms with Gasteiger partial charge in [-0.3, -0.25) is 14.5 Å². The lowest BCUT2D eigenvalue weighted by atomic mass is 9.82. The molecular formula is C81H113N3. The molecule has 84 heavy (non-hydrogen) atoms. The maximum Gasteiger partial charge on any atom is 0.211 e. The SMILES string of the molecule is CCCCc1cc(CCCC)cc([C@@H](C)c2cc(C)cc([C@H](C)c3cc(CCCC)cc(CCCC)c3)c2-n2ccn(-c3c([C@H](C)c4cc(CCCC)cc(CCCC)c4)cc(C)cc3[C@H](C)c3cc(CCCC)cc(CCCC)c3)c2=N)c1. The number of rotatable bonds is 34. The zero-order valence-electron chi connectivity index (χ0n) is 55.6. The van der Waals surface area contributed by atoms with Crippen LogP contribution in [0.3, 0.4) is 0 Å². The Morgan fingerprint density at radius 1 is 0.286 bits per heavy atom. The second-order valence-corrected chi connectivity index (χ2v) is 26.0. The van der Waals surface area contributed by atoms with Gasteiger partial charge in [0.25, 0.3) is 0 Å². The number of imidazole rings is 1. The number of aryl methyl sites for hydroxylation is 10. The van der Waals surface area contributed by atoms with Gasteiger partial charge in [0.1, 0.15) is 0 Å². The van der Waals surface area contributed by atoms with E-state index in [1.165, 1.54) is 203 Å². The number of benzene rings is 6. The molecule has 452 valence electrons. The summed E-state index contributed by atoms with van der Waals surface area (Å²) in [6.45, 7) is 33.0. The molecule has 4 atom stereocenters. The Balaban J connectivity index is 1.55. The molecule has 0 aliphatic carbocycles. The lowest BCUT2D eigenvalue weighted by Crippen LogP contribution is -2.27. The van der Waals surface area contributed by atoms with Crippen LogP contribution in [-0.4, -0.2) is 9.13 Å². The zero-order chi connectivity index (χ0) is 60.3. The van der Waals surface area contributed by atoms with Gasteiger partial charge in [0.2, 0.25) is 5.62 Å². The summed E-state index contributed by atoms with van der Waals surface area (Å²) in [5.74, 6) is 0.364. The second-order valence-electron chi connectivity index (χ2n) is 26.0. The number of nitrogens with one attached hydrogen (secondary N) is 1. The summed E-state index contributed by atoms with van der Waals surface area (Å²) in [6, 6.07) is 40.2. The standard InChI is InChI=1S/C81H113N3/c1-15-23-31-63-45-64(32-24-16-2)50-71(49-63)59(11)75-41-57(9)42-76(60(12)72-51-65(33-25-17-3)46-66(52-72)34-26-18-4)79(75)83-39-40-84(81(83)82)80-77(61(13)73-53-67(35-27-19-5)47-68(54-73)36-28-20-6)43-58(10)44-78(80)62(14)74-55-69(37-29-21-7)48-70(56-74)38-30-22-8/h39-56,59-62,82H,15-38H2,1-14H3/t59-,60-,61-,62-/m1/s1. The zero-order valence-corrected chi connectivity index (χ0v) is 55.6. The second kappa shape index (κ2) is 32.7. The maximum atomic E-state index is 11.0. The highest BCUT2D eigenvalue weighted by atomic mass is 15.2. The predicted octanol–water partition coefficient (Wildman–Crippen LogP) is 22.7. The molecule has 0 saturated heterocycles. The molecule has 0 spiro atoms. The van der Waals surface area contributed by atoms with E-state index in [1.54, 1.807) is 0 Å². The third-order valence-corrected chi connectivity index (χ3v) is 18.6. The molecule has 0 aliphatic heterocycles. The van der Waals surface area contributed by atoms with Crippen molar-refractivity contribution >= 4 is 0 Å². The van der Waals surface area contributed by atoms with Crippen molar-refractivity contribution in [1.29, 1.82) is 5.41 Å². The van der Waals surface area contributed by atoms with Gasteiger partial charge in [-0.2, -0.15) is 0 Å². The van der Waals surface area contributed by atoms with E-state index < -0.39 is 0 Å². The number of aromatic nitrogens is 2. The van der Waals surface area contributed by atoms with Crippen LogP contribution in [0.1, 0.15) is 310 Å². The molecule has 0 saturated carbocycles. The van der Waals surface area contributed by atoms with Gasteiger partial charge in [0.15, 0.2) is 0 Å². The Morgan fingerprint density at radius 3 is 0.631 bits per heavy atom. The van der Waals surface area contributed by atoms with Gasteiger partial charge in [-0.1, -0.05) is 243 Å². The minimum absolute atomic E-state index is 0.0911. The fourth-order valence-corrected chi connectivity index (χ4v) is 13.4. The smallest absolute Gasteiger partial charge is 0.211 e. The molecule has 3 heteroatoms. The van der Waals surface area contributed by atoms with E-state index >= 15 is 0 Å². The Labute approximate surface area is 513 Å². The largest absolute Gasteiger partial charge is 0.286 e. The van der Waals surface area contributed by atoms with E-state index in [9.17, 15) is 5.41 Å². The van der Waals surface area contributed by atoms with Crippen LogP contribution in [-0.2, 0) is 51.4 Å². The fraction of sp³-hybridized carbons (Fsp3) is 0.519. The van der Waals surface area contributed by atoms with Gasteiger partial charge >= 0.3 is 0 Å². The Morgan fingerprint density at radius 2 is 0.464 bits per heavy atom. The topological polar surface area (TPSA) is 33.7 Å². The van der Waals surface area contributed by atoms with Crippen LogP contribution in [0.5, 0.6) is 0 Å². The van der Waals surface area contributed by atoms with E-state index in [0.717, 1.165) is 62.7 Å². The van der Waals surface area contributed by atoms with E-state index in [-0.39, 0.29) is 23.7 Å². The minimum atomic E-state index is 0.0911. The number of nitrogens with zero attached hydrogens (tertiary/aromatic N) is 2. The first-order chi connectivity index (χ1) is 40.7. The fourth-order valence-electron chi connectivity index (χ4n) is 13.4. The summed E-state index contributed by atoms with van der Waals surface area (Å²) >= 11 is 0. The third kappa shape index (κ3) is 17.1. The normalized spacial score (nSPS) is 13.2. The first-order valence-electron chi connectivity index (χ1n) is 34.3. The van der Waals surface area contributed by atoms with Crippen molar-refractivity contribution in [3.8, 4) is 11.4 Å². The Kier molecular flexibility index (Phi) is 25.7. The lowest BCUT2D eigenvalue weighted by molar-refractivity contribution is 0.757. The molecule has 0 aliphatic rings. The van der Waals surface area contributed by atoms with Gasteiger partial charge in [0, 0.05) is 36.1 Å². The number of unbranched alkanes of at least 4 members (excludes halogenated alkanes) is 8. The van der Waals surface area contributed by atoms with Gasteiger partial charge in [-0.15, -0.1) is 0 Å². The molecule has 0 amide bonds. The number of hydrogen-bond donors (Lipinski definition) is 1. The van der Waals surface area contributed by atoms with Crippen molar-refractivity contribution < 1.29 is 0 Å². The van der Waals surface area contributed by atoms with E-state index in [4.69, 9.17) is 0 Å². The monoisotopic (exact) mass is 1130 g/mol. The third-order valence-electron chi connectivity index (χ3n) is 18.6. The van der Waals surface area contributed by atoms with Crippen molar-refractivity contribution in [2.45, 2.75) is 275 Å².